The summed E-state index contributed by atoms with van der Waals surface area (Å²) in [4.78, 5) is 0. The van der Waals surface area contributed by atoms with Gasteiger partial charge in [0.05, 0.1) is 13.5 Å². The minimum atomic E-state index is -3.49. The van der Waals surface area contributed by atoms with Gasteiger partial charge in [-0.05, 0) is 48.6 Å². The van der Waals surface area contributed by atoms with Crippen LogP contribution in [0.5, 0.6) is 11.5 Å². The monoisotopic (exact) mass is 384 g/mol. The van der Waals surface area contributed by atoms with Crippen LogP contribution in [0.4, 0.5) is 17.6 Å². The molecule has 0 atom stereocenters. The third-order valence-electron chi connectivity index (χ3n) is 4.29. The Hall–Kier alpha value is -2.24. The van der Waals surface area contributed by atoms with E-state index in [1.807, 2.05) is 0 Å². The summed E-state index contributed by atoms with van der Waals surface area (Å²) in [6.07, 6.45) is -0.441. The van der Waals surface area contributed by atoms with E-state index in [1.54, 1.807) is 12.1 Å². The lowest BCUT2D eigenvalue weighted by atomic mass is 10.1. The maximum Gasteiger partial charge on any atom is 0.398 e. The molecule has 2 aromatic carbocycles. The van der Waals surface area contributed by atoms with E-state index >= 15 is 0 Å². The summed E-state index contributed by atoms with van der Waals surface area (Å²) >= 11 is 0. The summed E-state index contributed by atoms with van der Waals surface area (Å²) in [7, 11) is 1.20. The fraction of sp³-hybridized carbons (Fsp3) is 0.429. The van der Waals surface area contributed by atoms with Crippen molar-refractivity contribution < 1.29 is 27.0 Å². The molecule has 0 aliphatic carbocycles. The second-order valence-electron chi connectivity index (χ2n) is 6.40. The molecule has 0 amide bonds. The molecule has 0 unspecified atom stereocenters. The van der Waals surface area contributed by atoms with Gasteiger partial charge in [-0.1, -0.05) is 38.0 Å². The molecule has 0 aliphatic rings. The number of hydrogen-bond acceptors (Lipinski definition) is 2. The maximum atomic E-state index is 14.1. The van der Waals surface area contributed by atoms with Gasteiger partial charge in [-0.2, -0.15) is 13.2 Å². The summed E-state index contributed by atoms with van der Waals surface area (Å²) in [6, 6.07) is 8.98. The van der Waals surface area contributed by atoms with Gasteiger partial charge in [-0.3, -0.25) is 0 Å². The maximum absolute atomic E-state index is 14.1. The molecule has 0 aromatic heterocycles. The fourth-order valence-corrected chi connectivity index (χ4v) is 2.73. The Kier molecular flexibility index (Phi) is 7.51. The predicted molar refractivity (Wildman–Crippen MR) is 96.5 cm³/mol. The van der Waals surface area contributed by atoms with Gasteiger partial charge >= 0.3 is 6.11 Å². The van der Waals surface area contributed by atoms with Gasteiger partial charge in [-0.15, -0.1) is 0 Å². The molecule has 0 bridgehead atoms. The molecule has 2 nitrogen and oxygen atoms in total. The lowest BCUT2D eigenvalue weighted by Gasteiger charge is -2.18. The second kappa shape index (κ2) is 9.62. The highest BCUT2D eigenvalue weighted by Gasteiger charge is 2.32. The normalized spacial score (nSPS) is 11.5. The second-order valence-corrected chi connectivity index (χ2v) is 6.40. The van der Waals surface area contributed by atoms with E-state index in [-0.39, 0.29) is 23.5 Å². The van der Waals surface area contributed by atoms with Crippen LogP contribution in [-0.4, -0.2) is 13.2 Å². The Morgan fingerprint density at radius 2 is 1.59 bits per heavy atom. The van der Waals surface area contributed by atoms with Gasteiger partial charge in [0.15, 0.2) is 11.6 Å². The van der Waals surface area contributed by atoms with Crippen LogP contribution >= 0.6 is 0 Å². The lowest BCUT2D eigenvalue weighted by Crippen LogP contribution is -2.25. The molecule has 148 valence electrons. The Balaban J connectivity index is 1.94. The van der Waals surface area contributed by atoms with Gasteiger partial charge in [-0.25, -0.2) is 4.39 Å². The van der Waals surface area contributed by atoms with Gasteiger partial charge in [0.2, 0.25) is 5.82 Å². The molecule has 2 rings (SSSR count). The van der Waals surface area contributed by atoms with E-state index in [0.717, 1.165) is 31.2 Å². The fourth-order valence-electron chi connectivity index (χ4n) is 2.73. The third kappa shape index (κ3) is 6.15. The molecule has 0 fully saturated rings. The molecule has 6 heteroatoms. The number of ether oxygens (including phenoxy) is 2. The highest BCUT2D eigenvalue weighted by Crippen LogP contribution is 2.29. The topological polar surface area (TPSA) is 18.5 Å². The number of benzene rings is 2. The minimum Gasteiger partial charge on any atom is -0.494 e. The zero-order valence-corrected chi connectivity index (χ0v) is 15.5. The standard InChI is InChI=1S/C21H24F4O2/c1-3-4-5-6-15-7-10-17(11-8-15)27-21(24,25)14-13-16-9-12-18(26-2)20(23)19(16)22/h7-12H,3-6,13-14H2,1-2H3. The molecule has 0 saturated carbocycles. The van der Waals surface area contributed by atoms with Crippen molar-refractivity contribution in [2.24, 2.45) is 0 Å². The summed E-state index contributed by atoms with van der Waals surface area (Å²) in [6.45, 7) is 2.12. The van der Waals surface area contributed by atoms with E-state index in [1.165, 1.54) is 31.4 Å². The largest absolute Gasteiger partial charge is 0.494 e. The van der Waals surface area contributed by atoms with Crippen molar-refractivity contribution in [3.05, 3.63) is 59.2 Å². The first-order chi connectivity index (χ1) is 12.9. The minimum absolute atomic E-state index is 0.0422. The zero-order valence-electron chi connectivity index (χ0n) is 15.5. The molecular formula is C21H24F4O2. The predicted octanol–water partition coefficient (Wildman–Crippen LogP) is 6.31. The molecular weight excluding hydrogens is 360 g/mol. The Labute approximate surface area is 157 Å². The first kappa shape index (κ1) is 21.1. The number of hydrogen-bond donors (Lipinski definition) is 0. The third-order valence-corrected chi connectivity index (χ3v) is 4.29. The number of alkyl halides is 2. The average Bonchev–Trinajstić information content (AvgIpc) is 2.64. The van der Waals surface area contributed by atoms with E-state index in [4.69, 9.17) is 4.74 Å². The van der Waals surface area contributed by atoms with Gasteiger partial charge in [0.1, 0.15) is 5.75 Å². The van der Waals surface area contributed by atoms with E-state index < -0.39 is 24.2 Å². The van der Waals surface area contributed by atoms with Crippen LogP contribution in [-0.2, 0) is 12.8 Å². The van der Waals surface area contributed by atoms with Crippen LogP contribution in [0.15, 0.2) is 36.4 Å². The van der Waals surface area contributed by atoms with E-state index in [9.17, 15) is 17.6 Å². The number of rotatable bonds is 10. The average molecular weight is 384 g/mol. The zero-order chi connectivity index (χ0) is 19.9. The van der Waals surface area contributed by atoms with Gasteiger partial charge in [0.25, 0.3) is 0 Å². The van der Waals surface area contributed by atoms with Crippen molar-refractivity contribution in [1.29, 1.82) is 0 Å². The quantitative estimate of drug-likeness (QED) is 0.353. The van der Waals surface area contributed by atoms with Crippen molar-refractivity contribution in [3.63, 3.8) is 0 Å². The molecule has 0 aliphatic heterocycles. The molecule has 27 heavy (non-hydrogen) atoms. The molecule has 0 radical (unpaired) electrons. The molecule has 0 N–H and O–H groups in total. The van der Waals surface area contributed by atoms with Crippen molar-refractivity contribution in [3.8, 4) is 11.5 Å². The van der Waals surface area contributed by atoms with E-state index in [2.05, 4.69) is 11.7 Å². The van der Waals surface area contributed by atoms with Crippen molar-refractivity contribution in [2.75, 3.05) is 7.11 Å². The van der Waals surface area contributed by atoms with Crippen LogP contribution in [0.25, 0.3) is 0 Å². The molecule has 0 saturated heterocycles. The van der Waals surface area contributed by atoms with Crippen LogP contribution in [0, 0.1) is 11.6 Å². The van der Waals surface area contributed by atoms with Crippen LogP contribution < -0.4 is 9.47 Å². The first-order valence-electron chi connectivity index (χ1n) is 9.03. The summed E-state index contributed by atoms with van der Waals surface area (Å²) in [5, 5.41) is 0. The summed E-state index contributed by atoms with van der Waals surface area (Å²) in [5.41, 5.74) is 0.915. The van der Waals surface area contributed by atoms with Gasteiger partial charge in [0, 0.05) is 0 Å². The molecule has 2 aromatic rings. The highest BCUT2D eigenvalue weighted by atomic mass is 19.3. The number of halogens is 4. The SMILES string of the molecule is CCCCCc1ccc(OC(F)(F)CCc2ccc(OC)c(F)c2F)cc1. The van der Waals surface area contributed by atoms with Crippen molar-refractivity contribution in [1.82, 2.24) is 0 Å². The number of unbranched alkanes of at least 4 members (excludes halogenated alkanes) is 2. The smallest absolute Gasteiger partial charge is 0.398 e. The first-order valence-corrected chi connectivity index (χ1v) is 9.03. The van der Waals surface area contributed by atoms with Gasteiger partial charge < -0.3 is 9.47 Å². The van der Waals surface area contributed by atoms with Crippen LogP contribution in [0.3, 0.4) is 0 Å². The highest BCUT2D eigenvalue weighted by molar-refractivity contribution is 5.31. The molecule has 0 spiro atoms. The van der Waals surface area contributed by atoms with Crippen LogP contribution in [0.1, 0.15) is 43.7 Å². The van der Waals surface area contributed by atoms with Crippen LogP contribution in [0.2, 0.25) is 0 Å². The summed E-state index contributed by atoms with van der Waals surface area (Å²) in [5.74, 6) is -2.58. The molecule has 0 heterocycles. The number of aryl methyl sites for hydroxylation is 2. The number of methoxy groups -OCH3 is 1. The Bertz CT molecular complexity index is 730. The van der Waals surface area contributed by atoms with Crippen molar-refractivity contribution in [2.45, 2.75) is 51.6 Å². The summed E-state index contributed by atoms with van der Waals surface area (Å²) < 4.78 is 65.1. The Morgan fingerprint density at radius 1 is 0.889 bits per heavy atom. The Morgan fingerprint density at radius 3 is 2.22 bits per heavy atom. The van der Waals surface area contributed by atoms with E-state index in [0.29, 0.717) is 0 Å². The lowest BCUT2D eigenvalue weighted by molar-refractivity contribution is -0.180. The van der Waals surface area contributed by atoms with Crippen molar-refractivity contribution >= 4 is 0 Å².